The summed E-state index contributed by atoms with van der Waals surface area (Å²) >= 11 is 6.51. The Morgan fingerprint density at radius 3 is 2.76 bits per heavy atom. The molecule has 4 aromatic rings. The molecule has 0 saturated heterocycles. The van der Waals surface area contributed by atoms with Crippen LogP contribution < -0.4 is 0 Å². The fraction of sp³-hybridized carbons (Fsp3) is 0.346. The predicted octanol–water partition coefficient (Wildman–Crippen LogP) is 5.35. The lowest BCUT2D eigenvalue weighted by atomic mass is 9.80. The van der Waals surface area contributed by atoms with Crippen LogP contribution in [0.15, 0.2) is 47.3 Å². The number of benzene rings is 1. The quantitative estimate of drug-likeness (QED) is 0.426. The molecule has 34 heavy (non-hydrogen) atoms. The van der Waals surface area contributed by atoms with Crippen molar-refractivity contribution in [1.29, 1.82) is 0 Å². The zero-order valence-electron chi connectivity index (χ0n) is 19.2. The first-order valence-corrected chi connectivity index (χ1v) is 11.8. The van der Waals surface area contributed by atoms with Gasteiger partial charge in [-0.2, -0.15) is 10.2 Å². The Morgan fingerprint density at radius 2 is 2.00 bits per heavy atom. The molecule has 1 fully saturated rings. The number of rotatable bonds is 4. The number of halogens is 1. The second-order valence-corrected chi connectivity index (χ2v) is 10.3. The van der Waals surface area contributed by atoms with E-state index in [0.717, 1.165) is 47.5 Å². The Labute approximate surface area is 202 Å². The second-order valence-electron chi connectivity index (χ2n) is 9.87. The third-order valence-corrected chi connectivity index (χ3v) is 7.50. The van der Waals surface area contributed by atoms with Crippen molar-refractivity contribution >= 4 is 11.6 Å². The molecule has 3 aromatic heterocycles. The molecule has 8 heteroatoms. The number of hydrogen-bond acceptors (Lipinski definition) is 7. The van der Waals surface area contributed by atoms with E-state index >= 15 is 0 Å². The van der Waals surface area contributed by atoms with Crippen LogP contribution in [0.1, 0.15) is 67.2 Å². The molecule has 1 aromatic carbocycles. The van der Waals surface area contributed by atoms with Crippen LogP contribution in [0, 0.1) is 6.92 Å². The maximum Gasteiger partial charge on any atom is 0.247 e. The van der Waals surface area contributed by atoms with Crippen LogP contribution in [-0.2, 0) is 11.0 Å². The van der Waals surface area contributed by atoms with Gasteiger partial charge in [0.25, 0.3) is 0 Å². The van der Waals surface area contributed by atoms with Crippen LogP contribution in [0.4, 0.5) is 0 Å². The monoisotopic (exact) mass is 473 g/mol. The smallest absolute Gasteiger partial charge is 0.247 e. The van der Waals surface area contributed by atoms with Crippen molar-refractivity contribution in [3.63, 3.8) is 0 Å². The first-order valence-electron chi connectivity index (χ1n) is 11.4. The fourth-order valence-electron chi connectivity index (χ4n) is 5.42. The normalized spacial score (nSPS) is 21.1. The van der Waals surface area contributed by atoms with E-state index in [-0.39, 0.29) is 5.41 Å². The lowest BCUT2D eigenvalue weighted by molar-refractivity contribution is 0.0738. The summed E-state index contributed by atoms with van der Waals surface area (Å²) in [6, 6.07) is 8.03. The van der Waals surface area contributed by atoms with Crippen LogP contribution in [0.25, 0.3) is 22.8 Å². The molecular weight excluding hydrogens is 450 g/mol. The van der Waals surface area contributed by atoms with Gasteiger partial charge >= 0.3 is 0 Å². The first kappa shape index (κ1) is 21.4. The Kier molecular flexibility index (Phi) is 4.66. The van der Waals surface area contributed by atoms with E-state index < -0.39 is 5.60 Å². The van der Waals surface area contributed by atoms with E-state index in [1.807, 2.05) is 31.3 Å². The van der Waals surface area contributed by atoms with E-state index in [1.54, 1.807) is 20.0 Å². The Morgan fingerprint density at radius 1 is 1.15 bits per heavy atom. The summed E-state index contributed by atoms with van der Waals surface area (Å²) in [5, 5.41) is 20.3. The molecule has 2 aliphatic carbocycles. The number of aromatic nitrogens is 5. The van der Waals surface area contributed by atoms with Gasteiger partial charge in [-0.25, -0.2) is 9.97 Å². The highest BCUT2D eigenvalue weighted by atomic mass is 35.5. The zero-order chi connectivity index (χ0) is 23.7. The van der Waals surface area contributed by atoms with E-state index in [4.69, 9.17) is 26.1 Å². The van der Waals surface area contributed by atoms with Crippen LogP contribution in [-0.4, -0.2) is 30.3 Å². The lowest BCUT2D eigenvalue weighted by Crippen LogP contribution is -2.26. The molecule has 0 radical (unpaired) electrons. The van der Waals surface area contributed by atoms with E-state index in [0.29, 0.717) is 28.2 Å². The predicted molar refractivity (Wildman–Crippen MR) is 127 cm³/mol. The number of oxazole rings is 1. The number of hydrogen-bond donors (Lipinski definition) is 1. The highest BCUT2D eigenvalue weighted by Gasteiger charge is 2.53. The summed E-state index contributed by atoms with van der Waals surface area (Å²) < 4.78 is 5.61. The summed E-state index contributed by atoms with van der Waals surface area (Å²) in [7, 11) is 0. The number of aliphatic hydroxyl groups is 1. The Bertz CT molecular complexity index is 1410. The molecule has 0 unspecified atom stereocenters. The van der Waals surface area contributed by atoms with Crippen molar-refractivity contribution in [1.82, 2.24) is 25.1 Å². The molecule has 7 nitrogen and oxygen atoms in total. The Hall–Kier alpha value is -3.16. The molecule has 6 rings (SSSR count). The average molecular weight is 474 g/mol. The van der Waals surface area contributed by atoms with Crippen LogP contribution in [0.3, 0.4) is 0 Å². The van der Waals surface area contributed by atoms with Crippen LogP contribution in [0.5, 0.6) is 0 Å². The minimum Gasteiger partial charge on any atom is -0.443 e. The van der Waals surface area contributed by atoms with Gasteiger partial charge in [0.2, 0.25) is 5.89 Å². The maximum atomic E-state index is 10.2. The summed E-state index contributed by atoms with van der Waals surface area (Å²) in [5.74, 6) is 0.743. The topological polar surface area (TPSA) is 97.8 Å². The Balaban J connectivity index is 1.42. The fourth-order valence-corrected chi connectivity index (χ4v) is 5.74. The van der Waals surface area contributed by atoms with E-state index in [9.17, 15) is 5.11 Å². The molecule has 0 aliphatic heterocycles. The van der Waals surface area contributed by atoms with Crippen molar-refractivity contribution in [2.24, 2.45) is 0 Å². The van der Waals surface area contributed by atoms with Gasteiger partial charge in [-0.1, -0.05) is 23.7 Å². The van der Waals surface area contributed by atoms with Gasteiger partial charge in [0, 0.05) is 11.8 Å². The second kappa shape index (κ2) is 7.42. The van der Waals surface area contributed by atoms with Gasteiger partial charge in [0.15, 0.2) is 0 Å². The molecule has 3 heterocycles. The third-order valence-electron chi connectivity index (χ3n) is 7.18. The summed E-state index contributed by atoms with van der Waals surface area (Å²) in [6.07, 6.45) is 7.85. The highest BCUT2D eigenvalue weighted by molar-refractivity contribution is 6.33. The highest BCUT2D eigenvalue weighted by Crippen LogP contribution is 2.59. The third kappa shape index (κ3) is 3.18. The summed E-state index contributed by atoms with van der Waals surface area (Å²) in [5.41, 5.74) is 5.45. The molecule has 1 saturated carbocycles. The van der Waals surface area contributed by atoms with Gasteiger partial charge in [0.05, 0.1) is 33.7 Å². The number of nitrogens with zero attached hydrogens (tertiary/aromatic N) is 5. The van der Waals surface area contributed by atoms with Gasteiger partial charge in [-0.05, 0) is 69.2 Å². The maximum absolute atomic E-state index is 10.2. The van der Waals surface area contributed by atoms with Crippen molar-refractivity contribution in [3.8, 4) is 22.8 Å². The zero-order valence-corrected chi connectivity index (χ0v) is 20.0. The van der Waals surface area contributed by atoms with Crippen LogP contribution >= 0.6 is 11.6 Å². The first-order chi connectivity index (χ1) is 16.3. The minimum absolute atomic E-state index is 0.324. The van der Waals surface area contributed by atoms with Crippen molar-refractivity contribution in [2.75, 3.05) is 0 Å². The summed E-state index contributed by atoms with van der Waals surface area (Å²) in [4.78, 5) is 13.8. The number of fused-ring (bicyclic) bond motifs is 5. The number of aryl methyl sites for hydroxylation is 1. The van der Waals surface area contributed by atoms with Gasteiger partial charge in [-0.15, -0.1) is 0 Å². The molecule has 2 atom stereocenters. The van der Waals surface area contributed by atoms with E-state index in [1.165, 1.54) is 11.8 Å². The molecule has 2 bridgehead atoms. The molecular formula is C26H24ClN5O2. The van der Waals surface area contributed by atoms with Crippen molar-refractivity contribution in [2.45, 2.75) is 57.0 Å². The van der Waals surface area contributed by atoms with Gasteiger partial charge in [0.1, 0.15) is 23.3 Å². The molecule has 172 valence electrons. The van der Waals surface area contributed by atoms with Gasteiger partial charge < -0.3 is 9.52 Å². The van der Waals surface area contributed by atoms with E-state index in [2.05, 4.69) is 21.1 Å². The average Bonchev–Trinajstić information content (AvgIpc) is 3.54. The molecule has 0 amide bonds. The standard InChI is InChI=1S/C26H24ClN5O2/c1-14-5-4-6-17(27)22(14)18-9-16-15-7-8-26(10-15,23(16)32-31-18)20-12-28-11-19(29-20)24-30-21(13-34-24)25(2,3)33/h4-6,9,11-13,15,33H,7-8,10H2,1-3H3/t15-,26+/m1/s1. The summed E-state index contributed by atoms with van der Waals surface area (Å²) in [6.45, 7) is 5.37. The van der Waals surface area contributed by atoms with Crippen molar-refractivity contribution < 1.29 is 9.52 Å². The van der Waals surface area contributed by atoms with Crippen molar-refractivity contribution in [3.05, 3.63) is 76.2 Å². The van der Waals surface area contributed by atoms with Gasteiger partial charge in [-0.3, -0.25) is 4.98 Å². The lowest BCUT2D eigenvalue weighted by Gasteiger charge is -2.26. The minimum atomic E-state index is -1.10. The molecule has 2 aliphatic rings. The molecule has 1 N–H and O–H groups in total. The molecule has 0 spiro atoms. The SMILES string of the molecule is Cc1cccc(Cl)c1-c1cc2c(nn1)[C@@]1(c3cncc(-c4nc(C(C)(C)O)co4)n3)CC[C@@H]2C1. The van der Waals surface area contributed by atoms with Crippen LogP contribution in [0.2, 0.25) is 5.02 Å². The largest absolute Gasteiger partial charge is 0.443 e.